The minimum atomic E-state index is -4.56. The van der Waals surface area contributed by atoms with Crippen LogP contribution >= 0.6 is 0 Å². The van der Waals surface area contributed by atoms with Gasteiger partial charge in [0, 0.05) is 43.8 Å². The van der Waals surface area contributed by atoms with Gasteiger partial charge in [0.25, 0.3) is 0 Å². The highest BCUT2D eigenvalue weighted by atomic mass is 19.4. The summed E-state index contributed by atoms with van der Waals surface area (Å²) in [6, 6.07) is 60.8. The Morgan fingerprint density at radius 2 is 0.871 bits per heavy atom. The zero-order valence-corrected chi connectivity index (χ0v) is 32.7. The second kappa shape index (κ2) is 14.4. The van der Waals surface area contributed by atoms with Crippen LogP contribution in [0.15, 0.2) is 188 Å². The number of hydrogen-bond acceptors (Lipinski definition) is 4. The number of nitriles is 1. The molecule has 0 N–H and O–H groups in total. The summed E-state index contributed by atoms with van der Waals surface area (Å²) in [5.74, 6) is 1.34. The van der Waals surface area contributed by atoms with Crippen LogP contribution in [0.25, 0.3) is 100 Å². The fraction of sp³-hybridized carbons (Fsp3) is 0.0189. The maximum atomic E-state index is 14.5. The van der Waals surface area contributed by atoms with E-state index < -0.39 is 11.7 Å². The lowest BCUT2D eigenvalue weighted by molar-refractivity contribution is -0.137. The van der Waals surface area contributed by atoms with Crippen molar-refractivity contribution in [2.45, 2.75) is 6.18 Å². The Morgan fingerprint density at radius 3 is 1.42 bits per heavy atom. The minimum absolute atomic E-state index is 0.382. The molecule has 0 bridgehead atoms. The van der Waals surface area contributed by atoms with E-state index in [2.05, 4.69) is 15.2 Å². The van der Waals surface area contributed by atoms with Gasteiger partial charge in [-0.2, -0.15) is 18.4 Å². The average molecular weight is 809 g/mol. The van der Waals surface area contributed by atoms with Crippen LogP contribution in [0.5, 0.6) is 0 Å². The van der Waals surface area contributed by atoms with Crippen molar-refractivity contribution < 1.29 is 13.2 Å². The van der Waals surface area contributed by atoms with Crippen molar-refractivity contribution in [1.29, 1.82) is 5.26 Å². The standard InChI is InChI=1S/C53H31F3N6/c54-53(55,56)37-25-28-47(61-44-20-10-7-17-38(44)39-18-8-11-21-45(39)61)41(31-37)36-24-27-48-42(30-36)40-19-9-12-22-46(40)62(48)49-26-23-33(32-57)29-43(49)52-59-50(34-13-3-1-4-14-34)58-51(60-52)35-15-5-2-6-16-35/h1-31H. The first kappa shape index (κ1) is 36.7. The smallest absolute Gasteiger partial charge is 0.309 e. The summed E-state index contributed by atoms with van der Waals surface area (Å²) >= 11 is 0. The third-order valence-electron chi connectivity index (χ3n) is 11.4. The van der Waals surface area contributed by atoms with Gasteiger partial charge in [-0.15, -0.1) is 0 Å². The third-order valence-corrected chi connectivity index (χ3v) is 11.4. The Balaban J connectivity index is 1.16. The molecule has 9 heteroatoms. The molecule has 3 aromatic heterocycles. The molecule has 0 saturated heterocycles. The molecular weight excluding hydrogens is 778 g/mol. The number of benzene rings is 8. The number of para-hydroxylation sites is 3. The zero-order chi connectivity index (χ0) is 42.0. The van der Waals surface area contributed by atoms with E-state index >= 15 is 0 Å². The van der Waals surface area contributed by atoms with Crippen LogP contribution in [0.3, 0.4) is 0 Å². The van der Waals surface area contributed by atoms with Gasteiger partial charge >= 0.3 is 6.18 Å². The van der Waals surface area contributed by atoms with Gasteiger partial charge < -0.3 is 9.13 Å². The Morgan fingerprint density at radius 1 is 0.403 bits per heavy atom. The number of nitrogens with zero attached hydrogens (tertiary/aromatic N) is 6. The normalized spacial score (nSPS) is 11.8. The van der Waals surface area contributed by atoms with Gasteiger partial charge in [-0.3, -0.25) is 0 Å². The van der Waals surface area contributed by atoms with Gasteiger partial charge in [0.05, 0.1) is 50.6 Å². The first-order valence-corrected chi connectivity index (χ1v) is 20.0. The van der Waals surface area contributed by atoms with Gasteiger partial charge in [-0.25, -0.2) is 15.0 Å². The second-order valence-electron chi connectivity index (χ2n) is 15.1. The van der Waals surface area contributed by atoms with E-state index in [4.69, 9.17) is 15.0 Å². The maximum Gasteiger partial charge on any atom is 0.416 e. The van der Waals surface area contributed by atoms with Crippen molar-refractivity contribution in [2.75, 3.05) is 0 Å². The van der Waals surface area contributed by atoms with E-state index in [1.165, 1.54) is 6.07 Å². The van der Waals surface area contributed by atoms with Gasteiger partial charge in [0.1, 0.15) is 0 Å². The van der Waals surface area contributed by atoms with Crippen molar-refractivity contribution >= 4 is 43.6 Å². The lowest BCUT2D eigenvalue weighted by atomic mass is 9.98. The Bertz CT molecular complexity index is 3470. The molecule has 11 aromatic rings. The second-order valence-corrected chi connectivity index (χ2v) is 15.1. The van der Waals surface area contributed by atoms with Crippen LogP contribution in [0.2, 0.25) is 0 Å². The number of fused-ring (bicyclic) bond motifs is 6. The van der Waals surface area contributed by atoms with Crippen LogP contribution in [0.4, 0.5) is 13.2 Å². The molecule has 294 valence electrons. The monoisotopic (exact) mass is 808 g/mol. The third kappa shape index (κ3) is 6.08. The molecule has 6 nitrogen and oxygen atoms in total. The number of hydrogen-bond donors (Lipinski definition) is 0. The van der Waals surface area contributed by atoms with Crippen LogP contribution in [0.1, 0.15) is 11.1 Å². The summed E-state index contributed by atoms with van der Waals surface area (Å²) in [6.07, 6.45) is -4.56. The van der Waals surface area contributed by atoms with E-state index in [0.29, 0.717) is 45.4 Å². The van der Waals surface area contributed by atoms with E-state index in [1.54, 1.807) is 18.2 Å². The zero-order valence-electron chi connectivity index (χ0n) is 32.7. The first-order valence-electron chi connectivity index (χ1n) is 20.0. The van der Waals surface area contributed by atoms with Crippen LogP contribution in [-0.4, -0.2) is 24.1 Å². The lowest BCUT2D eigenvalue weighted by Crippen LogP contribution is -2.07. The molecule has 0 spiro atoms. The van der Waals surface area contributed by atoms with Gasteiger partial charge in [0.15, 0.2) is 17.5 Å². The Kier molecular flexibility index (Phi) is 8.55. The maximum absolute atomic E-state index is 14.5. The topological polar surface area (TPSA) is 72.3 Å². The summed E-state index contributed by atoms with van der Waals surface area (Å²) < 4.78 is 47.8. The van der Waals surface area contributed by atoms with Crippen molar-refractivity contribution in [3.8, 4) is 62.7 Å². The van der Waals surface area contributed by atoms with E-state index in [1.807, 2.05) is 158 Å². The quantitative estimate of drug-likeness (QED) is 0.168. The summed E-state index contributed by atoms with van der Waals surface area (Å²) in [4.78, 5) is 14.9. The number of alkyl halides is 3. The Labute approximate surface area is 353 Å². The SMILES string of the molecule is N#Cc1ccc(-n2c3ccccc3c3cc(-c4cc(C(F)(F)F)ccc4-n4c5ccccc5c5ccccc54)ccc32)c(-c2nc(-c3ccccc3)nc(-c3ccccc3)n2)c1. The molecular formula is C53H31F3N6. The van der Waals surface area contributed by atoms with Crippen molar-refractivity contribution in [3.63, 3.8) is 0 Å². The molecule has 0 saturated carbocycles. The van der Waals surface area contributed by atoms with Crippen molar-refractivity contribution in [3.05, 3.63) is 199 Å². The fourth-order valence-electron chi connectivity index (χ4n) is 8.63. The highest BCUT2D eigenvalue weighted by Crippen LogP contribution is 2.43. The summed E-state index contributed by atoms with van der Waals surface area (Å²) in [5, 5.41) is 13.9. The molecule has 0 fully saturated rings. The number of rotatable bonds is 6. The number of halogens is 3. The predicted molar refractivity (Wildman–Crippen MR) is 240 cm³/mol. The van der Waals surface area contributed by atoms with E-state index in [0.717, 1.165) is 66.5 Å². The van der Waals surface area contributed by atoms with Crippen molar-refractivity contribution in [2.24, 2.45) is 0 Å². The summed E-state index contributed by atoms with van der Waals surface area (Å²) in [7, 11) is 0. The Hall–Kier alpha value is -8.35. The molecule has 11 rings (SSSR count). The molecule has 0 aliphatic carbocycles. The molecule has 0 aliphatic rings. The van der Waals surface area contributed by atoms with Gasteiger partial charge in [-0.1, -0.05) is 121 Å². The van der Waals surface area contributed by atoms with Crippen LogP contribution < -0.4 is 0 Å². The van der Waals surface area contributed by atoms with Crippen molar-refractivity contribution in [1.82, 2.24) is 24.1 Å². The minimum Gasteiger partial charge on any atom is -0.309 e. The van der Waals surface area contributed by atoms with Gasteiger partial charge in [0.2, 0.25) is 0 Å². The molecule has 0 atom stereocenters. The number of aromatic nitrogens is 5. The molecule has 8 aromatic carbocycles. The van der Waals surface area contributed by atoms with E-state index in [9.17, 15) is 18.4 Å². The predicted octanol–water partition coefficient (Wildman–Crippen LogP) is 13.6. The molecule has 0 aliphatic heterocycles. The van der Waals surface area contributed by atoms with Crippen LogP contribution in [-0.2, 0) is 6.18 Å². The largest absolute Gasteiger partial charge is 0.416 e. The molecule has 3 heterocycles. The average Bonchev–Trinajstić information content (AvgIpc) is 3.84. The highest BCUT2D eigenvalue weighted by molar-refractivity contribution is 6.12. The lowest BCUT2D eigenvalue weighted by Gasteiger charge is -2.17. The first-order chi connectivity index (χ1) is 30.3. The van der Waals surface area contributed by atoms with Gasteiger partial charge in [-0.05, 0) is 72.3 Å². The molecule has 62 heavy (non-hydrogen) atoms. The molecule has 0 unspecified atom stereocenters. The molecule has 0 radical (unpaired) electrons. The fourth-order valence-corrected chi connectivity index (χ4v) is 8.63. The van der Waals surface area contributed by atoms with Crippen LogP contribution in [0, 0.1) is 11.3 Å². The molecule has 0 amide bonds. The van der Waals surface area contributed by atoms with E-state index in [-0.39, 0.29) is 0 Å². The summed E-state index contributed by atoms with van der Waals surface area (Å²) in [6.45, 7) is 0. The highest BCUT2D eigenvalue weighted by Gasteiger charge is 2.32. The summed E-state index contributed by atoms with van der Waals surface area (Å²) in [5.41, 5.74) is 7.80.